The second-order valence-electron chi connectivity index (χ2n) is 5.09. The molecule has 0 bridgehead atoms. The largest absolute Gasteiger partial charge is 0.379 e. The summed E-state index contributed by atoms with van der Waals surface area (Å²) >= 11 is 3.51. The molecule has 114 valence electrons. The Kier molecular flexibility index (Phi) is 9.10. The van der Waals surface area contributed by atoms with Crippen LogP contribution in [-0.4, -0.2) is 32.4 Å². The van der Waals surface area contributed by atoms with Crippen molar-refractivity contribution in [1.82, 2.24) is 5.32 Å². The molecule has 1 atom stereocenters. The standard InChI is InChI=1S/C16H26BrNO2/c1-4-8-19-9-10-20-16(12-18-13(2)3)14-6-5-7-15(17)11-14/h5-7,11,13,16,18H,4,8-10,12H2,1-3H3. The number of rotatable bonds is 10. The zero-order chi connectivity index (χ0) is 14.8. The molecule has 4 heteroatoms. The topological polar surface area (TPSA) is 30.5 Å². The molecular weight excluding hydrogens is 318 g/mol. The lowest BCUT2D eigenvalue weighted by Gasteiger charge is -2.20. The smallest absolute Gasteiger partial charge is 0.0950 e. The first kappa shape index (κ1) is 17.6. The van der Waals surface area contributed by atoms with Crippen molar-refractivity contribution in [1.29, 1.82) is 0 Å². The van der Waals surface area contributed by atoms with E-state index in [0.717, 1.165) is 24.0 Å². The summed E-state index contributed by atoms with van der Waals surface area (Å²) in [6.07, 6.45) is 1.10. The molecule has 0 fully saturated rings. The van der Waals surface area contributed by atoms with E-state index in [2.05, 4.69) is 54.2 Å². The molecule has 20 heavy (non-hydrogen) atoms. The van der Waals surface area contributed by atoms with Crippen LogP contribution in [0.25, 0.3) is 0 Å². The Morgan fingerprint density at radius 3 is 2.65 bits per heavy atom. The predicted molar refractivity (Wildman–Crippen MR) is 87.1 cm³/mol. The van der Waals surface area contributed by atoms with Crippen molar-refractivity contribution < 1.29 is 9.47 Å². The zero-order valence-electron chi connectivity index (χ0n) is 12.7. The first-order valence-electron chi connectivity index (χ1n) is 7.31. The molecule has 0 aliphatic carbocycles. The number of benzene rings is 1. The number of halogens is 1. The lowest BCUT2D eigenvalue weighted by atomic mass is 10.1. The van der Waals surface area contributed by atoms with E-state index in [9.17, 15) is 0 Å². The molecule has 0 amide bonds. The van der Waals surface area contributed by atoms with E-state index in [4.69, 9.17) is 9.47 Å². The van der Waals surface area contributed by atoms with Crippen molar-refractivity contribution in [3.8, 4) is 0 Å². The van der Waals surface area contributed by atoms with Crippen LogP contribution in [0.4, 0.5) is 0 Å². The summed E-state index contributed by atoms with van der Waals surface area (Å²) in [5.41, 5.74) is 1.18. The van der Waals surface area contributed by atoms with Gasteiger partial charge in [-0.25, -0.2) is 0 Å². The summed E-state index contributed by atoms with van der Waals surface area (Å²) in [5, 5.41) is 3.43. The Labute approximate surface area is 131 Å². The van der Waals surface area contributed by atoms with Gasteiger partial charge in [0.25, 0.3) is 0 Å². The highest BCUT2D eigenvalue weighted by atomic mass is 79.9. The van der Waals surface area contributed by atoms with E-state index in [0.29, 0.717) is 19.3 Å². The maximum absolute atomic E-state index is 5.97. The molecule has 0 saturated heterocycles. The average molecular weight is 344 g/mol. The lowest BCUT2D eigenvalue weighted by Crippen LogP contribution is -2.29. The monoisotopic (exact) mass is 343 g/mol. The van der Waals surface area contributed by atoms with Crippen LogP contribution in [0.1, 0.15) is 38.9 Å². The Hall–Kier alpha value is -0.420. The van der Waals surface area contributed by atoms with Crippen LogP contribution in [0.15, 0.2) is 28.7 Å². The Balaban J connectivity index is 2.51. The molecule has 0 aliphatic rings. The minimum absolute atomic E-state index is 0.0557. The molecule has 0 spiro atoms. The van der Waals surface area contributed by atoms with Gasteiger partial charge in [0, 0.05) is 23.7 Å². The molecule has 0 heterocycles. The molecule has 0 radical (unpaired) electrons. The highest BCUT2D eigenvalue weighted by Gasteiger charge is 2.12. The van der Waals surface area contributed by atoms with Crippen molar-refractivity contribution in [3.63, 3.8) is 0 Å². The van der Waals surface area contributed by atoms with Gasteiger partial charge >= 0.3 is 0 Å². The minimum Gasteiger partial charge on any atom is -0.379 e. The Bertz CT molecular complexity index is 371. The molecule has 0 aromatic heterocycles. The van der Waals surface area contributed by atoms with Crippen LogP contribution in [0, 0.1) is 0 Å². The van der Waals surface area contributed by atoms with Gasteiger partial charge in [-0.2, -0.15) is 0 Å². The van der Waals surface area contributed by atoms with Gasteiger partial charge in [0.05, 0.1) is 19.3 Å². The summed E-state index contributed by atoms with van der Waals surface area (Å²) in [7, 11) is 0. The summed E-state index contributed by atoms with van der Waals surface area (Å²) in [5.74, 6) is 0. The molecule has 1 rings (SSSR count). The number of hydrogen-bond acceptors (Lipinski definition) is 3. The maximum Gasteiger partial charge on any atom is 0.0950 e. The first-order valence-corrected chi connectivity index (χ1v) is 8.11. The van der Waals surface area contributed by atoms with Crippen molar-refractivity contribution in [2.75, 3.05) is 26.4 Å². The fraction of sp³-hybridized carbons (Fsp3) is 0.625. The van der Waals surface area contributed by atoms with Crippen molar-refractivity contribution in [2.24, 2.45) is 0 Å². The second kappa shape index (κ2) is 10.3. The third-order valence-corrected chi connectivity index (χ3v) is 3.32. The third-order valence-electron chi connectivity index (χ3n) is 2.83. The molecule has 1 N–H and O–H groups in total. The van der Waals surface area contributed by atoms with Gasteiger partial charge in [0.2, 0.25) is 0 Å². The van der Waals surface area contributed by atoms with Gasteiger partial charge in [-0.1, -0.05) is 48.8 Å². The minimum atomic E-state index is 0.0557. The van der Waals surface area contributed by atoms with Crippen LogP contribution >= 0.6 is 15.9 Å². The molecule has 0 aliphatic heterocycles. The summed E-state index contributed by atoms with van der Waals surface area (Å²) in [4.78, 5) is 0. The normalized spacial score (nSPS) is 12.8. The zero-order valence-corrected chi connectivity index (χ0v) is 14.3. The fourth-order valence-electron chi connectivity index (χ4n) is 1.82. The third kappa shape index (κ3) is 7.39. The molecule has 1 unspecified atom stereocenters. The fourth-order valence-corrected chi connectivity index (χ4v) is 2.24. The van der Waals surface area contributed by atoms with Crippen molar-refractivity contribution in [2.45, 2.75) is 39.3 Å². The highest BCUT2D eigenvalue weighted by molar-refractivity contribution is 9.10. The Morgan fingerprint density at radius 2 is 2.00 bits per heavy atom. The van der Waals surface area contributed by atoms with Crippen LogP contribution in [0.3, 0.4) is 0 Å². The van der Waals surface area contributed by atoms with Gasteiger partial charge in [-0.3, -0.25) is 0 Å². The second-order valence-corrected chi connectivity index (χ2v) is 6.01. The van der Waals surface area contributed by atoms with Crippen LogP contribution in [0.5, 0.6) is 0 Å². The summed E-state index contributed by atoms with van der Waals surface area (Å²) < 4.78 is 12.5. The number of nitrogens with one attached hydrogen (secondary N) is 1. The van der Waals surface area contributed by atoms with Crippen molar-refractivity contribution in [3.05, 3.63) is 34.3 Å². The Morgan fingerprint density at radius 1 is 1.20 bits per heavy atom. The highest BCUT2D eigenvalue weighted by Crippen LogP contribution is 2.21. The van der Waals surface area contributed by atoms with E-state index in [-0.39, 0.29) is 6.10 Å². The van der Waals surface area contributed by atoms with E-state index in [1.165, 1.54) is 5.56 Å². The van der Waals surface area contributed by atoms with E-state index in [1.807, 2.05) is 12.1 Å². The van der Waals surface area contributed by atoms with Gasteiger partial charge in [-0.05, 0) is 24.1 Å². The van der Waals surface area contributed by atoms with Gasteiger partial charge in [0.15, 0.2) is 0 Å². The van der Waals surface area contributed by atoms with Crippen LogP contribution in [-0.2, 0) is 9.47 Å². The quantitative estimate of drug-likeness (QED) is 0.653. The van der Waals surface area contributed by atoms with Crippen molar-refractivity contribution >= 4 is 15.9 Å². The van der Waals surface area contributed by atoms with Gasteiger partial charge < -0.3 is 14.8 Å². The molecular formula is C16H26BrNO2. The maximum atomic E-state index is 5.97. The predicted octanol–water partition coefficient (Wildman–Crippen LogP) is 3.93. The SMILES string of the molecule is CCCOCCOC(CNC(C)C)c1cccc(Br)c1. The molecule has 1 aromatic rings. The number of ether oxygens (including phenoxy) is 2. The molecule has 1 aromatic carbocycles. The van der Waals surface area contributed by atoms with Crippen LogP contribution in [0.2, 0.25) is 0 Å². The van der Waals surface area contributed by atoms with Gasteiger partial charge in [-0.15, -0.1) is 0 Å². The number of hydrogen-bond donors (Lipinski definition) is 1. The lowest BCUT2D eigenvalue weighted by molar-refractivity contribution is 0.00357. The van der Waals surface area contributed by atoms with Gasteiger partial charge in [0.1, 0.15) is 0 Å². The summed E-state index contributed by atoms with van der Waals surface area (Å²) in [6, 6.07) is 8.73. The summed E-state index contributed by atoms with van der Waals surface area (Å²) in [6.45, 7) is 9.27. The molecule has 3 nitrogen and oxygen atoms in total. The molecule has 0 saturated carbocycles. The van der Waals surface area contributed by atoms with E-state index >= 15 is 0 Å². The van der Waals surface area contributed by atoms with Crippen LogP contribution < -0.4 is 5.32 Å². The first-order chi connectivity index (χ1) is 9.63. The van der Waals surface area contributed by atoms with E-state index < -0.39 is 0 Å². The van der Waals surface area contributed by atoms with E-state index in [1.54, 1.807) is 0 Å². The average Bonchev–Trinajstić information content (AvgIpc) is 2.41.